The molecule has 6 heteroatoms. The molecule has 0 saturated heterocycles. The molecule has 0 radical (unpaired) electrons. The smallest absolute Gasteiger partial charge is 0.306 e. The lowest BCUT2D eigenvalue weighted by Gasteiger charge is -2.24. The number of carbonyl (C=O) groups is 2. The SMILES string of the molecule is CCCCCCCCCCCCCC(=O)OCC(COC(C)COC(C)(C)C)OC(=O)CCCCCCCCCCCCC. The molecule has 0 rings (SSSR count). The number of ether oxygens (including phenoxy) is 4. The molecule has 0 spiro atoms. The molecule has 0 fully saturated rings. The summed E-state index contributed by atoms with van der Waals surface area (Å²) in [6, 6.07) is 0. The number of hydrogen-bond acceptors (Lipinski definition) is 6. The first kappa shape index (κ1) is 42.9. The third kappa shape index (κ3) is 32.3. The molecule has 0 aliphatic rings. The molecule has 2 unspecified atom stereocenters. The van der Waals surface area contributed by atoms with Gasteiger partial charge in [-0.2, -0.15) is 0 Å². The lowest BCUT2D eigenvalue weighted by molar-refractivity contribution is -0.165. The lowest BCUT2D eigenvalue weighted by atomic mass is 10.1. The van der Waals surface area contributed by atoms with Gasteiger partial charge >= 0.3 is 11.9 Å². The Bertz CT molecular complexity index is 644. The predicted octanol–water partition coefficient (Wildman–Crippen LogP) is 11.1. The summed E-state index contributed by atoms with van der Waals surface area (Å²) in [4.78, 5) is 25.0. The molecule has 0 amide bonds. The maximum atomic E-state index is 12.6. The van der Waals surface area contributed by atoms with Crippen LogP contribution in [0.3, 0.4) is 0 Å². The summed E-state index contributed by atoms with van der Waals surface area (Å²) < 4.78 is 23.0. The quantitative estimate of drug-likeness (QED) is 0.0546. The van der Waals surface area contributed by atoms with Crippen molar-refractivity contribution in [2.24, 2.45) is 0 Å². The van der Waals surface area contributed by atoms with Gasteiger partial charge in [0.15, 0.2) is 6.10 Å². The van der Waals surface area contributed by atoms with Crippen LogP contribution in [0.2, 0.25) is 0 Å². The van der Waals surface area contributed by atoms with Crippen molar-refractivity contribution in [2.75, 3.05) is 19.8 Å². The Hall–Kier alpha value is -1.14. The Labute approximate surface area is 273 Å². The van der Waals surface area contributed by atoms with Crippen LogP contribution >= 0.6 is 0 Å². The number of unbranched alkanes of at least 4 members (excludes halogenated alkanes) is 20. The van der Waals surface area contributed by atoms with Gasteiger partial charge in [0.25, 0.3) is 0 Å². The van der Waals surface area contributed by atoms with Gasteiger partial charge in [0.1, 0.15) is 6.61 Å². The number of hydrogen-bond donors (Lipinski definition) is 0. The molecular weight excluding hydrogens is 552 g/mol. The molecule has 0 heterocycles. The van der Waals surface area contributed by atoms with Gasteiger partial charge in [-0.05, 0) is 40.5 Å². The van der Waals surface area contributed by atoms with E-state index in [0.717, 1.165) is 32.1 Å². The molecule has 262 valence electrons. The summed E-state index contributed by atoms with van der Waals surface area (Å²) in [7, 11) is 0. The predicted molar refractivity (Wildman–Crippen MR) is 184 cm³/mol. The summed E-state index contributed by atoms with van der Waals surface area (Å²) in [6.45, 7) is 13.1. The Balaban J connectivity index is 4.27. The zero-order valence-corrected chi connectivity index (χ0v) is 30.2. The van der Waals surface area contributed by atoms with E-state index in [1.165, 1.54) is 109 Å². The topological polar surface area (TPSA) is 71.1 Å². The average molecular weight is 627 g/mol. The molecule has 0 aromatic heterocycles. The van der Waals surface area contributed by atoms with Gasteiger partial charge in [-0.15, -0.1) is 0 Å². The van der Waals surface area contributed by atoms with E-state index in [1.807, 2.05) is 27.7 Å². The fourth-order valence-electron chi connectivity index (χ4n) is 5.17. The van der Waals surface area contributed by atoms with Gasteiger partial charge in [-0.1, -0.05) is 142 Å². The minimum absolute atomic E-state index is 0.0354. The highest BCUT2D eigenvalue weighted by Gasteiger charge is 2.20. The van der Waals surface area contributed by atoms with Crippen LogP contribution in [0.15, 0.2) is 0 Å². The molecule has 0 aliphatic heterocycles. The molecule has 6 nitrogen and oxygen atoms in total. The first-order valence-corrected chi connectivity index (χ1v) is 18.8. The van der Waals surface area contributed by atoms with Crippen molar-refractivity contribution in [3.05, 3.63) is 0 Å². The van der Waals surface area contributed by atoms with Gasteiger partial charge in [-0.25, -0.2) is 0 Å². The van der Waals surface area contributed by atoms with Crippen molar-refractivity contribution >= 4 is 11.9 Å². The van der Waals surface area contributed by atoms with E-state index in [-0.39, 0.29) is 36.9 Å². The standard InChI is InChI=1S/C38H74O6/c1-7-9-11-13-15-17-19-21-23-25-27-29-36(39)42-33-35(32-41-34(3)31-43-38(4,5)6)44-37(40)30-28-26-24-22-20-18-16-14-12-10-8-2/h34-35H,7-33H2,1-6H3. The van der Waals surface area contributed by atoms with E-state index < -0.39 is 6.10 Å². The largest absolute Gasteiger partial charge is 0.462 e. The van der Waals surface area contributed by atoms with Crippen molar-refractivity contribution in [3.8, 4) is 0 Å². The van der Waals surface area contributed by atoms with Crippen molar-refractivity contribution in [3.63, 3.8) is 0 Å². The van der Waals surface area contributed by atoms with Gasteiger partial charge in [-0.3, -0.25) is 9.59 Å². The van der Waals surface area contributed by atoms with Crippen LogP contribution in [-0.2, 0) is 28.5 Å². The second-order valence-electron chi connectivity index (χ2n) is 13.9. The van der Waals surface area contributed by atoms with E-state index in [0.29, 0.717) is 19.4 Å². The fraction of sp³-hybridized carbons (Fsp3) is 0.947. The van der Waals surface area contributed by atoms with E-state index in [2.05, 4.69) is 13.8 Å². The Morgan fingerprint density at radius 3 is 1.32 bits per heavy atom. The molecule has 2 atom stereocenters. The molecule has 0 aromatic carbocycles. The zero-order valence-electron chi connectivity index (χ0n) is 30.2. The number of rotatable bonds is 32. The Morgan fingerprint density at radius 1 is 0.523 bits per heavy atom. The highest BCUT2D eigenvalue weighted by atomic mass is 16.6. The minimum atomic E-state index is -0.603. The third-order valence-corrected chi connectivity index (χ3v) is 8.01. The van der Waals surface area contributed by atoms with Crippen LogP contribution in [0.4, 0.5) is 0 Å². The maximum absolute atomic E-state index is 12.6. The maximum Gasteiger partial charge on any atom is 0.306 e. The van der Waals surface area contributed by atoms with Crippen LogP contribution in [-0.4, -0.2) is 49.6 Å². The lowest BCUT2D eigenvalue weighted by Crippen LogP contribution is -2.33. The summed E-state index contributed by atoms with van der Waals surface area (Å²) in [5, 5.41) is 0. The normalized spacial score (nSPS) is 13.1. The van der Waals surface area contributed by atoms with E-state index in [4.69, 9.17) is 18.9 Å². The van der Waals surface area contributed by atoms with Gasteiger partial charge in [0, 0.05) is 12.8 Å². The van der Waals surface area contributed by atoms with Crippen LogP contribution < -0.4 is 0 Å². The van der Waals surface area contributed by atoms with Crippen LogP contribution in [0.5, 0.6) is 0 Å². The highest BCUT2D eigenvalue weighted by Crippen LogP contribution is 2.15. The molecule has 0 saturated carbocycles. The average Bonchev–Trinajstić information content (AvgIpc) is 2.98. The molecule has 0 aliphatic carbocycles. The van der Waals surface area contributed by atoms with E-state index >= 15 is 0 Å². The van der Waals surface area contributed by atoms with Gasteiger partial charge in [0.2, 0.25) is 0 Å². The summed E-state index contributed by atoms with van der Waals surface area (Å²) in [6.07, 6.45) is 27.3. The second-order valence-corrected chi connectivity index (χ2v) is 13.9. The molecular formula is C38H74O6. The van der Waals surface area contributed by atoms with Crippen molar-refractivity contribution in [1.82, 2.24) is 0 Å². The summed E-state index contributed by atoms with van der Waals surface area (Å²) >= 11 is 0. The first-order chi connectivity index (χ1) is 21.2. The number of carbonyl (C=O) groups excluding carboxylic acids is 2. The summed E-state index contributed by atoms with van der Waals surface area (Å²) in [5.74, 6) is -0.467. The fourth-order valence-corrected chi connectivity index (χ4v) is 5.17. The van der Waals surface area contributed by atoms with Crippen LogP contribution in [0, 0.1) is 0 Å². The Morgan fingerprint density at radius 2 is 0.909 bits per heavy atom. The Kier molecular flexibility index (Phi) is 29.7. The van der Waals surface area contributed by atoms with Crippen LogP contribution in [0.25, 0.3) is 0 Å². The second kappa shape index (κ2) is 30.5. The van der Waals surface area contributed by atoms with Gasteiger partial charge < -0.3 is 18.9 Å². The summed E-state index contributed by atoms with van der Waals surface area (Å²) in [5.41, 5.74) is -0.248. The first-order valence-electron chi connectivity index (χ1n) is 18.8. The van der Waals surface area contributed by atoms with E-state index in [1.54, 1.807) is 0 Å². The monoisotopic (exact) mass is 627 g/mol. The highest BCUT2D eigenvalue weighted by molar-refractivity contribution is 5.70. The zero-order chi connectivity index (χ0) is 32.7. The number of esters is 2. The molecule has 0 bridgehead atoms. The van der Waals surface area contributed by atoms with Crippen LogP contribution in [0.1, 0.15) is 196 Å². The van der Waals surface area contributed by atoms with Gasteiger partial charge in [0.05, 0.1) is 24.9 Å². The molecule has 0 aromatic rings. The van der Waals surface area contributed by atoms with Crippen molar-refractivity contribution in [2.45, 2.75) is 213 Å². The minimum Gasteiger partial charge on any atom is -0.462 e. The third-order valence-electron chi connectivity index (χ3n) is 8.01. The van der Waals surface area contributed by atoms with Crippen molar-refractivity contribution in [1.29, 1.82) is 0 Å². The molecule has 0 N–H and O–H groups in total. The van der Waals surface area contributed by atoms with E-state index in [9.17, 15) is 9.59 Å². The molecule has 44 heavy (non-hydrogen) atoms. The van der Waals surface area contributed by atoms with Crippen molar-refractivity contribution < 1.29 is 28.5 Å².